The Morgan fingerprint density at radius 3 is 1.43 bits per heavy atom. The molecule has 11 nitrogen and oxygen atoms in total. The lowest BCUT2D eigenvalue weighted by Gasteiger charge is -2.14. The molecule has 0 atom stereocenters. The van der Waals surface area contributed by atoms with E-state index in [0.717, 1.165) is 23.3 Å². The van der Waals surface area contributed by atoms with Crippen molar-refractivity contribution in [3.05, 3.63) is 128 Å². The molecule has 6 aromatic heterocycles. The summed E-state index contributed by atoms with van der Waals surface area (Å²) >= 11 is 0. The highest BCUT2D eigenvalue weighted by Gasteiger charge is 2.20. The van der Waals surface area contributed by atoms with E-state index in [4.69, 9.17) is 11.5 Å². The van der Waals surface area contributed by atoms with E-state index in [9.17, 15) is 13.2 Å². The van der Waals surface area contributed by atoms with Gasteiger partial charge in [0.25, 0.3) is 0 Å². The van der Waals surface area contributed by atoms with Crippen LogP contribution in [0, 0.1) is 17.8 Å². The summed E-state index contributed by atoms with van der Waals surface area (Å²) in [5.41, 5.74) is 17.9. The third-order valence-corrected chi connectivity index (χ3v) is 7.59. The molecule has 0 fully saturated rings. The number of nitrogens with one attached hydrogen (secondary N) is 1. The number of imidazole rings is 2. The van der Waals surface area contributed by atoms with E-state index in [2.05, 4.69) is 35.2 Å². The number of anilines is 3. The fourth-order valence-electron chi connectivity index (χ4n) is 5.53. The molecule has 8 rings (SSSR count). The SMILES string of the molecule is CNc1cc(-c2c(-c3ccccc3)nc(N)c3nccn23)cc(F)n1.Nc1nc(-c2ccccc2)c(-c2cc(F)nc(F)c2)n2ccnc12. The van der Waals surface area contributed by atoms with Crippen molar-refractivity contribution in [1.82, 2.24) is 38.7 Å². The van der Waals surface area contributed by atoms with Crippen LogP contribution in [0.5, 0.6) is 0 Å². The number of aromatic nitrogens is 8. The van der Waals surface area contributed by atoms with Crippen LogP contribution in [0.2, 0.25) is 0 Å². The van der Waals surface area contributed by atoms with Crippen LogP contribution in [-0.4, -0.2) is 45.8 Å². The van der Waals surface area contributed by atoms with Crippen molar-refractivity contribution in [3.63, 3.8) is 0 Å². The maximum absolute atomic E-state index is 14.0. The number of hydrogen-bond acceptors (Lipinski definition) is 9. The van der Waals surface area contributed by atoms with Gasteiger partial charge in [0, 0.05) is 72.3 Å². The van der Waals surface area contributed by atoms with Crippen LogP contribution in [0.1, 0.15) is 0 Å². The summed E-state index contributed by atoms with van der Waals surface area (Å²) < 4.78 is 44.8. The van der Waals surface area contributed by atoms with E-state index in [1.54, 1.807) is 42.3 Å². The molecule has 2 aromatic carbocycles. The van der Waals surface area contributed by atoms with Crippen molar-refractivity contribution >= 4 is 28.7 Å². The molecule has 0 aliphatic heterocycles. The molecule has 0 spiro atoms. The zero-order valence-electron chi connectivity index (χ0n) is 25.8. The van der Waals surface area contributed by atoms with Gasteiger partial charge >= 0.3 is 0 Å². The smallest absolute Gasteiger partial charge is 0.216 e. The molecule has 0 saturated carbocycles. The Kier molecular flexibility index (Phi) is 8.02. The second kappa shape index (κ2) is 12.8. The molecule has 0 aliphatic carbocycles. The number of nitrogens with zero attached hydrogens (tertiary/aromatic N) is 8. The predicted octanol–water partition coefficient (Wildman–Crippen LogP) is 6.54. The van der Waals surface area contributed by atoms with Gasteiger partial charge in [0.2, 0.25) is 17.8 Å². The van der Waals surface area contributed by atoms with Gasteiger partial charge in [0.15, 0.2) is 22.9 Å². The van der Waals surface area contributed by atoms with Crippen molar-refractivity contribution < 1.29 is 13.2 Å². The monoisotopic (exact) mass is 657 g/mol. The van der Waals surface area contributed by atoms with Gasteiger partial charge in [-0.2, -0.15) is 18.2 Å². The topological polar surface area (TPSA) is 150 Å². The highest BCUT2D eigenvalue weighted by Crippen LogP contribution is 2.35. The molecular weight excluding hydrogens is 631 g/mol. The fraction of sp³-hybridized carbons (Fsp3) is 0.0286. The van der Waals surface area contributed by atoms with Crippen LogP contribution in [0.15, 0.2) is 110 Å². The number of nitrogens with two attached hydrogens (primary N) is 2. The Morgan fingerprint density at radius 2 is 0.980 bits per heavy atom. The Hall–Kier alpha value is -6.83. The molecule has 0 bridgehead atoms. The molecule has 6 heterocycles. The highest BCUT2D eigenvalue weighted by molar-refractivity contribution is 5.84. The van der Waals surface area contributed by atoms with Gasteiger partial charge in [-0.05, 0) is 6.07 Å². The Balaban J connectivity index is 0.000000154. The number of fused-ring (bicyclic) bond motifs is 2. The average Bonchev–Trinajstić information content (AvgIpc) is 3.80. The first-order valence-electron chi connectivity index (χ1n) is 14.9. The van der Waals surface area contributed by atoms with Gasteiger partial charge < -0.3 is 16.8 Å². The molecule has 14 heteroatoms. The quantitative estimate of drug-likeness (QED) is 0.175. The summed E-state index contributed by atoms with van der Waals surface area (Å²) in [5.74, 6) is -1.41. The molecule has 0 aliphatic rings. The second-order valence-electron chi connectivity index (χ2n) is 10.7. The Labute approximate surface area is 276 Å². The minimum Gasteiger partial charge on any atom is -0.381 e. The van der Waals surface area contributed by atoms with Gasteiger partial charge in [-0.1, -0.05) is 60.7 Å². The Morgan fingerprint density at radius 1 is 0.551 bits per heavy atom. The van der Waals surface area contributed by atoms with Crippen LogP contribution in [-0.2, 0) is 0 Å². The zero-order valence-corrected chi connectivity index (χ0v) is 25.8. The van der Waals surface area contributed by atoms with Gasteiger partial charge in [-0.15, -0.1) is 0 Å². The lowest BCUT2D eigenvalue weighted by Crippen LogP contribution is -2.05. The van der Waals surface area contributed by atoms with E-state index in [0.29, 0.717) is 56.8 Å². The average molecular weight is 658 g/mol. The molecular formula is C35H26F3N11. The molecule has 5 N–H and O–H groups in total. The zero-order chi connectivity index (χ0) is 34.1. The van der Waals surface area contributed by atoms with E-state index >= 15 is 0 Å². The normalized spacial score (nSPS) is 11.0. The van der Waals surface area contributed by atoms with Crippen LogP contribution in [0.3, 0.4) is 0 Å². The van der Waals surface area contributed by atoms with Crippen molar-refractivity contribution in [3.8, 4) is 45.0 Å². The number of halogens is 3. The van der Waals surface area contributed by atoms with Crippen molar-refractivity contribution in [2.75, 3.05) is 23.8 Å². The standard InChI is InChI=1S/C18H15FN6.C17H11F2N5/c1-21-14-10-12(9-13(19)23-14)16-15(11-5-3-2-4-6-11)24-17(20)18-22-7-8-25(16)18;18-12-8-11(9-13(19)22-12)15-14(10-4-2-1-3-5-10)23-16(20)17-21-6-7-24(15)17/h2-10H,1H3,(H2,20,24)(H,21,23);1-9H,(H2,20,23). The first-order valence-corrected chi connectivity index (χ1v) is 14.9. The summed E-state index contributed by atoms with van der Waals surface area (Å²) in [6, 6.07) is 24.3. The first kappa shape index (κ1) is 30.8. The number of pyridine rings is 2. The summed E-state index contributed by atoms with van der Waals surface area (Å²) in [4.78, 5) is 24.3. The third kappa shape index (κ3) is 5.93. The van der Waals surface area contributed by atoms with E-state index in [1.165, 1.54) is 6.07 Å². The van der Waals surface area contributed by atoms with Gasteiger partial charge in [0.1, 0.15) is 5.82 Å². The van der Waals surface area contributed by atoms with Crippen molar-refractivity contribution in [2.24, 2.45) is 0 Å². The molecule has 0 unspecified atom stereocenters. The van der Waals surface area contributed by atoms with Crippen LogP contribution >= 0.6 is 0 Å². The molecule has 8 aromatic rings. The Bertz CT molecular complexity index is 2430. The minimum atomic E-state index is -0.908. The fourth-order valence-corrected chi connectivity index (χ4v) is 5.53. The summed E-state index contributed by atoms with van der Waals surface area (Å²) in [6.45, 7) is 0. The van der Waals surface area contributed by atoms with Gasteiger partial charge in [-0.3, -0.25) is 8.80 Å². The number of rotatable bonds is 5. The molecule has 49 heavy (non-hydrogen) atoms. The van der Waals surface area contributed by atoms with Crippen LogP contribution in [0.25, 0.3) is 56.3 Å². The van der Waals surface area contributed by atoms with E-state index < -0.39 is 17.8 Å². The summed E-state index contributed by atoms with van der Waals surface area (Å²) in [7, 11) is 1.69. The number of benzene rings is 2. The van der Waals surface area contributed by atoms with E-state index in [1.807, 2.05) is 65.1 Å². The predicted molar refractivity (Wildman–Crippen MR) is 182 cm³/mol. The maximum Gasteiger partial charge on any atom is 0.216 e. The molecule has 0 saturated heterocycles. The van der Waals surface area contributed by atoms with Crippen LogP contribution < -0.4 is 16.8 Å². The lowest BCUT2D eigenvalue weighted by molar-refractivity contribution is 0.513. The van der Waals surface area contributed by atoms with Gasteiger partial charge in [-0.25, -0.2) is 24.9 Å². The van der Waals surface area contributed by atoms with Crippen molar-refractivity contribution in [2.45, 2.75) is 0 Å². The van der Waals surface area contributed by atoms with E-state index in [-0.39, 0.29) is 5.82 Å². The number of nitrogen functional groups attached to an aromatic ring is 2. The lowest BCUT2D eigenvalue weighted by atomic mass is 10.0. The summed E-state index contributed by atoms with van der Waals surface area (Å²) in [6.07, 6.45) is 6.65. The molecule has 0 amide bonds. The third-order valence-electron chi connectivity index (χ3n) is 7.59. The maximum atomic E-state index is 14.0. The largest absolute Gasteiger partial charge is 0.381 e. The molecule has 0 radical (unpaired) electrons. The number of hydrogen-bond donors (Lipinski definition) is 3. The van der Waals surface area contributed by atoms with Gasteiger partial charge in [0.05, 0.1) is 22.8 Å². The highest BCUT2D eigenvalue weighted by atomic mass is 19.1. The minimum absolute atomic E-state index is 0.234. The first-order chi connectivity index (χ1) is 23.8. The summed E-state index contributed by atoms with van der Waals surface area (Å²) in [5, 5.41) is 2.87. The molecule has 242 valence electrons. The van der Waals surface area contributed by atoms with Crippen molar-refractivity contribution in [1.29, 1.82) is 0 Å². The second-order valence-corrected chi connectivity index (χ2v) is 10.7. The van der Waals surface area contributed by atoms with Crippen LogP contribution in [0.4, 0.5) is 30.6 Å².